The number of aliphatic hydroxyl groups excluding tert-OH is 1. The molecule has 0 saturated carbocycles. The smallest absolute Gasteiger partial charge is 0.345 e. The van der Waals surface area contributed by atoms with Gasteiger partial charge in [0.05, 0.1) is 14.0 Å². The molecule has 4 nitrogen and oxygen atoms in total. The molecule has 0 aliphatic heterocycles. The Morgan fingerprint density at radius 1 is 1.60 bits per heavy atom. The van der Waals surface area contributed by atoms with E-state index < -0.39 is 37.6 Å². The number of hydrogen-bond donors (Lipinski definition) is 2. The third kappa shape index (κ3) is 4.66. The van der Waals surface area contributed by atoms with E-state index in [1.54, 1.807) is 0 Å². The number of halogens is 4. The minimum Gasteiger partial charge on any atom is -0.392 e. The third-order valence-corrected chi connectivity index (χ3v) is 2.73. The summed E-state index contributed by atoms with van der Waals surface area (Å²) in [6.45, 7) is -3.46. The average Bonchev–Trinajstić information content (AvgIpc) is 2.35. The Labute approximate surface area is 119 Å². The summed E-state index contributed by atoms with van der Waals surface area (Å²) in [4.78, 5) is 11.4. The Morgan fingerprint density at radius 2 is 2.25 bits per heavy atom. The van der Waals surface area contributed by atoms with Gasteiger partial charge in [0, 0.05) is 10.6 Å². The summed E-state index contributed by atoms with van der Waals surface area (Å²) in [7, 11) is 0. The Morgan fingerprint density at radius 3 is 2.80 bits per heavy atom. The standard InChI is InChI=1S/C12H13ClF3NO3/c1-6(17-11(19)5-20-12(15)16)8-2-7(14)3-10(13)9(8)4-18/h2-3,6,12,18H,4-5H2,1H3,(H,17,19)/i6D. The summed E-state index contributed by atoms with van der Waals surface area (Å²) in [5.74, 6) is -1.75. The lowest BCUT2D eigenvalue weighted by Crippen LogP contribution is -2.31. The van der Waals surface area contributed by atoms with Crippen LogP contribution in [0.4, 0.5) is 13.2 Å². The van der Waals surface area contributed by atoms with Gasteiger partial charge in [0.25, 0.3) is 0 Å². The molecular formula is C12H13ClF3NO3. The highest BCUT2D eigenvalue weighted by Crippen LogP contribution is 2.26. The summed E-state index contributed by atoms with van der Waals surface area (Å²) in [6.07, 6.45) is 0. The minimum absolute atomic E-state index is 0.0608. The van der Waals surface area contributed by atoms with Crippen LogP contribution in [-0.4, -0.2) is 24.2 Å². The van der Waals surface area contributed by atoms with E-state index in [-0.39, 0.29) is 16.1 Å². The highest BCUT2D eigenvalue weighted by molar-refractivity contribution is 6.31. The van der Waals surface area contributed by atoms with Gasteiger partial charge < -0.3 is 15.2 Å². The van der Waals surface area contributed by atoms with Gasteiger partial charge in [-0.1, -0.05) is 11.6 Å². The zero-order valence-electron chi connectivity index (χ0n) is 11.4. The van der Waals surface area contributed by atoms with E-state index in [0.717, 1.165) is 12.1 Å². The van der Waals surface area contributed by atoms with Gasteiger partial charge >= 0.3 is 6.61 Å². The van der Waals surface area contributed by atoms with E-state index >= 15 is 0 Å². The minimum atomic E-state index is -3.12. The van der Waals surface area contributed by atoms with Crippen LogP contribution in [0.5, 0.6) is 0 Å². The van der Waals surface area contributed by atoms with Crippen molar-refractivity contribution in [3.05, 3.63) is 34.1 Å². The second-order valence-corrected chi connectivity index (χ2v) is 4.22. The predicted octanol–water partition coefficient (Wildman–Crippen LogP) is 2.39. The van der Waals surface area contributed by atoms with Gasteiger partial charge in [-0.25, -0.2) is 4.39 Å². The average molecular weight is 313 g/mol. The first-order valence-electron chi connectivity index (χ1n) is 5.97. The molecule has 1 aromatic rings. The topological polar surface area (TPSA) is 58.6 Å². The van der Waals surface area contributed by atoms with Crippen LogP contribution in [-0.2, 0) is 16.1 Å². The summed E-state index contributed by atoms with van der Waals surface area (Å²) in [5.41, 5.74) is -0.0222. The van der Waals surface area contributed by atoms with Gasteiger partial charge in [0.2, 0.25) is 5.91 Å². The second kappa shape index (κ2) is 7.47. The molecule has 0 radical (unpaired) electrons. The lowest BCUT2D eigenvalue weighted by Gasteiger charge is -2.18. The molecular weight excluding hydrogens is 299 g/mol. The molecule has 0 aromatic heterocycles. The number of carbonyl (C=O) groups excluding carboxylic acids is 1. The fraction of sp³-hybridized carbons (Fsp3) is 0.417. The van der Waals surface area contributed by atoms with Crippen LogP contribution < -0.4 is 5.32 Å². The van der Waals surface area contributed by atoms with Crippen LogP contribution in [0.1, 0.15) is 25.4 Å². The maximum atomic E-state index is 13.4. The normalized spacial score (nSPS) is 14.8. The van der Waals surface area contributed by atoms with Gasteiger partial charge in [-0.3, -0.25) is 4.79 Å². The van der Waals surface area contributed by atoms with Crippen LogP contribution in [0.15, 0.2) is 12.1 Å². The van der Waals surface area contributed by atoms with Crippen molar-refractivity contribution < 1.29 is 29.2 Å². The Kier molecular flexibility index (Phi) is 5.63. The Balaban J connectivity index is 2.99. The fourth-order valence-corrected chi connectivity index (χ4v) is 1.82. The number of nitrogens with one attached hydrogen (secondary N) is 1. The molecule has 0 saturated heterocycles. The van der Waals surface area contributed by atoms with E-state index in [9.17, 15) is 23.1 Å². The molecule has 20 heavy (non-hydrogen) atoms. The quantitative estimate of drug-likeness (QED) is 0.848. The third-order valence-electron chi connectivity index (χ3n) is 2.39. The van der Waals surface area contributed by atoms with Crippen molar-refractivity contribution in [2.75, 3.05) is 6.61 Å². The van der Waals surface area contributed by atoms with Crippen molar-refractivity contribution in [3.8, 4) is 0 Å². The number of ether oxygens (including phenoxy) is 1. The number of hydrogen-bond acceptors (Lipinski definition) is 3. The first kappa shape index (κ1) is 15.1. The molecule has 1 atom stereocenters. The number of amides is 1. The molecule has 0 heterocycles. The van der Waals surface area contributed by atoms with E-state index in [0.29, 0.717) is 0 Å². The molecule has 0 spiro atoms. The van der Waals surface area contributed by atoms with Gasteiger partial charge in [-0.05, 0) is 24.6 Å². The van der Waals surface area contributed by atoms with E-state index in [4.69, 9.17) is 13.0 Å². The second-order valence-electron chi connectivity index (χ2n) is 3.82. The van der Waals surface area contributed by atoms with Crippen molar-refractivity contribution >= 4 is 17.5 Å². The summed E-state index contributed by atoms with van der Waals surface area (Å²) in [5, 5.41) is 11.2. The van der Waals surface area contributed by atoms with E-state index in [2.05, 4.69) is 10.1 Å². The maximum absolute atomic E-state index is 13.4. The molecule has 0 aliphatic carbocycles. The maximum Gasteiger partial charge on any atom is 0.345 e. The van der Waals surface area contributed by atoms with Crippen LogP contribution >= 0.6 is 11.6 Å². The first-order valence-corrected chi connectivity index (χ1v) is 5.85. The lowest BCUT2D eigenvalue weighted by molar-refractivity contribution is -0.152. The Bertz CT molecular complexity index is 529. The summed E-state index contributed by atoms with van der Waals surface area (Å²) in [6, 6.07) is -0.000526. The van der Waals surface area contributed by atoms with Gasteiger partial charge in [0.1, 0.15) is 12.4 Å². The van der Waals surface area contributed by atoms with E-state index in [1.165, 1.54) is 6.92 Å². The number of carbonyl (C=O) groups is 1. The van der Waals surface area contributed by atoms with Crippen LogP contribution in [0.25, 0.3) is 0 Å². The van der Waals surface area contributed by atoms with Crippen molar-refractivity contribution in [2.45, 2.75) is 26.2 Å². The van der Waals surface area contributed by atoms with Crippen molar-refractivity contribution in [2.24, 2.45) is 0 Å². The van der Waals surface area contributed by atoms with Crippen molar-refractivity contribution in [1.29, 1.82) is 0 Å². The van der Waals surface area contributed by atoms with Crippen LogP contribution in [0, 0.1) is 5.82 Å². The number of aliphatic hydroxyl groups is 1. The molecule has 8 heteroatoms. The SMILES string of the molecule is [2H]C(C)(NC(=O)COC(F)F)c1cc(F)cc(Cl)c1CO. The summed E-state index contributed by atoms with van der Waals surface area (Å²) < 4.78 is 48.9. The highest BCUT2D eigenvalue weighted by Gasteiger charge is 2.17. The molecule has 0 aliphatic rings. The lowest BCUT2D eigenvalue weighted by atomic mass is 10.0. The number of alkyl halides is 2. The summed E-state index contributed by atoms with van der Waals surface area (Å²) >= 11 is 5.76. The zero-order chi connectivity index (χ0) is 16.2. The monoisotopic (exact) mass is 312 g/mol. The zero-order valence-corrected chi connectivity index (χ0v) is 11.2. The molecule has 1 unspecified atom stereocenters. The molecule has 1 aromatic carbocycles. The number of rotatable bonds is 6. The molecule has 0 fully saturated rings. The fourth-order valence-electron chi connectivity index (χ4n) is 1.55. The largest absolute Gasteiger partial charge is 0.392 e. The van der Waals surface area contributed by atoms with Gasteiger partial charge in [-0.2, -0.15) is 8.78 Å². The first-order chi connectivity index (χ1) is 9.67. The Hall–Kier alpha value is -1.31. The van der Waals surface area contributed by atoms with E-state index in [1.807, 2.05) is 0 Å². The molecule has 1 amide bonds. The van der Waals surface area contributed by atoms with Crippen molar-refractivity contribution in [1.82, 2.24) is 5.32 Å². The molecule has 112 valence electrons. The van der Waals surface area contributed by atoms with Crippen molar-refractivity contribution in [3.63, 3.8) is 0 Å². The van der Waals surface area contributed by atoms with Gasteiger partial charge in [0.15, 0.2) is 0 Å². The number of benzene rings is 1. The predicted molar refractivity (Wildman–Crippen MR) is 65.8 cm³/mol. The van der Waals surface area contributed by atoms with Crippen LogP contribution in [0.2, 0.25) is 5.02 Å². The highest BCUT2D eigenvalue weighted by atomic mass is 35.5. The molecule has 0 bridgehead atoms. The molecule has 2 N–H and O–H groups in total. The van der Waals surface area contributed by atoms with Crippen LogP contribution in [0.3, 0.4) is 0 Å². The van der Waals surface area contributed by atoms with Gasteiger partial charge in [-0.15, -0.1) is 0 Å². The molecule has 1 rings (SSSR count).